The fraction of sp³-hybridized carbons (Fsp3) is 0.636. The Hall–Kier alpha value is -0.410. The maximum Gasteiger partial charge on any atom is 0.116 e. The molecule has 0 spiro atoms. The molecule has 1 aliphatic rings. The predicted molar refractivity (Wildman–Crippen MR) is 58.6 cm³/mol. The minimum atomic E-state index is 0.584. The van der Waals surface area contributed by atoms with Gasteiger partial charge in [0.25, 0.3) is 0 Å². The highest BCUT2D eigenvalue weighted by Crippen LogP contribution is 2.20. The second-order valence-electron chi connectivity index (χ2n) is 3.68. The lowest BCUT2D eigenvalue weighted by atomic mass is 10.3. The van der Waals surface area contributed by atoms with Gasteiger partial charge in [0.05, 0.1) is 24.7 Å². The highest BCUT2D eigenvalue weighted by atomic mass is 32.2. The number of hydrogen-bond acceptors (Lipinski definition) is 3. The SMILES string of the molecule is Cc1ccoc1CSCCCC1CO1. The summed E-state index contributed by atoms with van der Waals surface area (Å²) < 4.78 is 10.5. The van der Waals surface area contributed by atoms with E-state index < -0.39 is 0 Å². The minimum absolute atomic E-state index is 0.584. The average Bonchev–Trinajstić information content (AvgIpc) is 2.91. The molecule has 1 unspecified atom stereocenters. The molecular formula is C11H16O2S. The summed E-state index contributed by atoms with van der Waals surface area (Å²) in [4.78, 5) is 0. The summed E-state index contributed by atoms with van der Waals surface area (Å²) in [7, 11) is 0. The van der Waals surface area contributed by atoms with Gasteiger partial charge in [-0.05, 0) is 37.1 Å². The van der Waals surface area contributed by atoms with Gasteiger partial charge in [-0.25, -0.2) is 0 Å². The number of ether oxygens (including phenoxy) is 1. The summed E-state index contributed by atoms with van der Waals surface area (Å²) in [5.41, 5.74) is 1.27. The standard InChI is InChI=1S/C11H16O2S/c1-9-4-5-12-11(9)8-14-6-2-3-10-7-13-10/h4-5,10H,2-3,6-8H2,1H3. The van der Waals surface area contributed by atoms with E-state index in [1.54, 1.807) is 6.26 Å². The van der Waals surface area contributed by atoms with Crippen LogP contribution in [0, 0.1) is 6.92 Å². The number of hydrogen-bond donors (Lipinski definition) is 0. The lowest BCUT2D eigenvalue weighted by molar-refractivity contribution is 0.395. The van der Waals surface area contributed by atoms with Crippen molar-refractivity contribution in [1.29, 1.82) is 0 Å². The highest BCUT2D eigenvalue weighted by molar-refractivity contribution is 7.98. The molecule has 3 heteroatoms. The van der Waals surface area contributed by atoms with Crippen LogP contribution in [-0.2, 0) is 10.5 Å². The Morgan fingerprint density at radius 3 is 3.07 bits per heavy atom. The van der Waals surface area contributed by atoms with Crippen LogP contribution in [0.25, 0.3) is 0 Å². The van der Waals surface area contributed by atoms with Crippen molar-refractivity contribution < 1.29 is 9.15 Å². The molecule has 0 amide bonds. The van der Waals surface area contributed by atoms with Crippen molar-refractivity contribution in [1.82, 2.24) is 0 Å². The molecule has 1 saturated heterocycles. The summed E-state index contributed by atoms with van der Waals surface area (Å²) in [6, 6.07) is 2.02. The molecule has 1 aromatic rings. The first-order valence-electron chi connectivity index (χ1n) is 5.08. The third-order valence-electron chi connectivity index (χ3n) is 2.42. The Morgan fingerprint density at radius 2 is 2.43 bits per heavy atom. The number of rotatable bonds is 6. The summed E-state index contributed by atoms with van der Waals surface area (Å²) in [6.07, 6.45) is 4.84. The van der Waals surface area contributed by atoms with Crippen LogP contribution in [0.5, 0.6) is 0 Å². The number of thioether (sulfide) groups is 1. The van der Waals surface area contributed by atoms with Gasteiger partial charge in [0.15, 0.2) is 0 Å². The minimum Gasteiger partial charge on any atom is -0.468 e. The van der Waals surface area contributed by atoms with Crippen LogP contribution in [0.2, 0.25) is 0 Å². The van der Waals surface area contributed by atoms with Gasteiger partial charge >= 0.3 is 0 Å². The molecule has 1 atom stereocenters. The molecule has 1 fully saturated rings. The molecular weight excluding hydrogens is 196 g/mol. The van der Waals surface area contributed by atoms with Gasteiger partial charge in [-0.1, -0.05) is 0 Å². The van der Waals surface area contributed by atoms with Crippen molar-refractivity contribution in [2.75, 3.05) is 12.4 Å². The lowest BCUT2D eigenvalue weighted by Crippen LogP contribution is -1.88. The molecule has 1 aromatic heterocycles. The Kier molecular flexibility index (Phi) is 3.54. The van der Waals surface area contributed by atoms with Gasteiger partial charge < -0.3 is 9.15 Å². The molecule has 2 heterocycles. The van der Waals surface area contributed by atoms with Crippen LogP contribution in [0.1, 0.15) is 24.2 Å². The van der Waals surface area contributed by atoms with E-state index in [9.17, 15) is 0 Å². The van der Waals surface area contributed by atoms with E-state index in [0.29, 0.717) is 6.10 Å². The van der Waals surface area contributed by atoms with E-state index >= 15 is 0 Å². The largest absolute Gasteiger partial charge is 0.468 e. The van der Waals surface area contributed by atoms with Crippen LogP contribution in [-0.4, -0.2) is 18.5 Å². The highest BCUT2D eigenvalue weighted by Gasteiger charge is 2.20. The first kappa shape index (κ1) is 10.1. The third-order valence-corrected chi connectivity index (χ3v) is 3.46. The van der Waals surface area contributed by atoms with Crippen LogP contribution >= 0.6 is 11.8 Å². The molecule has 78 valence electrons. The monoisotopic (exact) mass is 212 g/mol. The van der Waals surface area contributed by atoms with E-state index in [1.165, 1.54) is 24.2 Å². The predicted octanol–water partition coefficient (Wildman–Crippen LogP) is 3.00. The Balaban J connectivity index is 1.56. The average molecular weight is 212 g/mol. The van der Waals surface area contributed by atoms with E-state index in [0.717, 1.165) is 18.1 Å². The molecule has 14 heavy (non-hydrogen) atoms. The van der Waals surface area contributed by atoms with Gasteiger partial charge in [0.1, 0.15) is 5.76 Å². The van der Waals surface area contributed by atoms with Gasteiger partial charge in [-0.2, -0.15) is 11.8 Å². The topological polar surface area (TPSA) is 25.7 Å². The fourth-order valence-electron chi connectivity index (χ4n) is 1.36. The summed E-state index contributed by atoms with van der Waals surface area (Å²) >= 11 is 1.95. The first-order chi connectivity index (χ1) is 6.86. The molecule has 2 nitrogen and oxygen atoms in total. The molecule has 0 bridgehead atoms. The van der Waals surface area contributed by atoms with Crippen LogP contribution in [0.4, 0.5) is 0 Å². The summed E-state index contributed by atoms with van der Waals surface area (Å²) in [5, 5.41) is 0. The lowest BCUT2D eigenvalue weighted by Gasteiger charge is -1.99. The van der Waals surface area contributed by atoms with E-state index in [4.69, 9.17) is 9.15 Å². The van der Waals surface area contributed by atoms with Crippen LogP contribution in [0.3, 0.4) is 0 Å². The zero-order valence-electron chi connectivity index (χ0n) is 8.49. The molecule has 0 aliphatic carbocycles. The molecule has 0 radical (unpaired) electrons. The normalized spacial score (nSPS) is 19.9. The van der Waals surface area contributed by atoms with Gasteiger partial charge in [-0.15, -0.1) is 0 Å². The molecule has 0 N–H and O–H groups in total. The number of epoxide rings is 1. The van der Waals surface area contributed by atoms with Gasteiger partial charge in [0.2, 0.25) is 0 Å². The van der Waals surface area contributed by atoms with E-state index in [-0.39, 0.29) is 0 Å². The molecule has 0 saturated carbocycles. The quantitative estimate of drug-likeness (QED) is 0.535. The zero-order valence-corrected chi connectivity index (χ0v) is 9.31. The molecule has 2 rings (SSSR count). The second kappa shape index (κ2) is 4.89. The van der Waals surface area contributed by atoms with E-state index in [2.05, 4.69) is 6.92 Å². The summed E-state index contributed by atoms with van der Waals surface area (Å²) in [6.45, 7) is 3.08. The van der Waals surface area contributed by atoms with E-state index in [1.807, 2.05) is 17.8 Å². The Bertz CT molecular complexity index is 279. The first-order valence-corrected chi connectivity index (χ1v) is 6.24. The van der Waals surface area contributed by atoms with Gasteiger partial charge in [0, 0.05) is 0 Å². The number of aryl methyl sites for hydroxylation is 1. The Labute approximate surface area is 89.0 Å². The fourth-order valence-corrected chi connectivity index (χ4v) is 2.36. The molecule has 1 aliphatic heterocycles. The summed E-state index contributed by atoms with van der Waals surface area (Å²) in [5.74, 6) is 3.34. The maximum atomic E-state index is 5.36. The van der Waals surface area contributed by atoms with Crippen molar-refractivity contribution in [2.45, 2.75) is 31.6 Å². The van der Waals surface area contributed by atoms with Crippen molar-refractivity contribution in [2.24, 2.45) is 0 Å². The Morgan fingerprint density at radius 1 is 1.57 bits per heavy atom. The van der Waals surface area contributed by atoms with Gasteiger partial charge in [-0.3, -0.25) is 0 Å². The third kappa shape index (κ3) is 3.07. The maximum absolute atomic E-state index is 5.36. The number of furan rings is 1. The van der Waals surface area contributed by atoms with Crippen LogP contribution in [0.15, 0.2) is 16.7 Å². The van der Waals surface area contributed by atoms with Crippen molar-refractivity contribution >= 4 is 11.8 Å². The van der Waals surface area contributed by atoms with Crippen molar-refractivity contribution in [3.05, 3.63) is 23.7 Å². The van der Waals surface area contributed by atoms with Crippen LogP contribution < -0.4 is 0 Å². The molecule has 0 aromatic carbocycles. The van der Waals surface area contributed by atoms with Crippen molar-refractivity contribution in [3.63, 3.8) is 0 Å². The zero-order chi connectivity index (χ0) is 9.80. The van der Waals surface area contributed by atoms with Crippen molar-refractivity contribution in [3.8, 4) is 0 Å². The second-order valence-corrected chi connectivity index (χ2v) is 4.78. The smallest absolute Gasteiger partial charge is 0.116 e.